The number of benzene rings is 3. The number of rotatable bonds is 6. The van der Waals surface area contributed by atoms with Crippen LogP contribution in [-0.2, 0) is 11.4 Å². The Morgan fingerprint density at radius 2 is 1.54 bits per heavy atom. The SMILES string of the molecule is COc1cc(/C=C2/C(=O)N(c3c(F)c(F)c(F)c(F)c3F)N=C2C)cc(Br)c1OCc1ccc(F)cc1. The summed E-state index contributed by atoms with van der Waals surface area (Å²) in [5.41, 5.74) is -0.598. The van der Waals surface area contributed by atoms with Crippen LogP contribution in [0, 0.1) is 34.9 Å². The molecule has 1 aliphatic rings. The van der Waals surface area contributed by atoms with Crippen molar-refractivity contribution < 1.29 is 40.6 Å². The van der Waals surface area contributed by atoms with Crippen LogP contribution in [0.25, 0.3) is 6.08 Å². The second-order valence-corrected chi connectivity index (χ2v) is 8.58. The van der Waals surface area contributed by atoms with Gasteiger partial charge in [-0.3, -0.25) is 4.79 Å². The fourth-order valence-electron chi connectivity index (χ4n) is 3.48. The molecule has 0 bridgehead atoms. The molecule has 0 radical (unpaired) electrons. The molecule has 192 valence electrons. The molecule has 0 aromatic heterocycles. The van der Waals surface area contributed by atoms with Gasteiger partial charge in [-0.25, -0.2) is 26.3 Å². The van der Waals surface area contributed by atoms with Gasteiger partial charge in [0, 0.05) is 0 Å². The van der Waals surface area contributed by atoms with Crippen molar-refractivity contribution in [2.75, 3.05) is 12.1 Å². The van der Waals surface area contributed by atoms with E-state index in [4.69, 9.17) is 9.47 Å². The second kappa shape index (κ2) is 10.3. The van der Waals surface area contributed by atoms with E-state index in [-0.39, 0.29) is 34.5 Å². The number of methoxy groups -OCH3 is 1. The summed E-state index contributed by atoms with van der Waals surface area (Å²) in [5, 5.41) is 3.83. The van der Waals surface area contributed by atoms with Gasteiger partial charge in [0.25, 0.3) is 5.91 Å². The first kappa shape index (κ1) is 26.3. The number of ether oxygens (including phenoxy) is 2. The van der Waals surface area contributed by atoms with E-state index in [2.05, 4.69) is 21.0 Å². The van der Waals surface area contributed by atoms with Gasteiger partial charge < -0.3 is 9.47 Å². The topological polar surface area (TPSA) is 51.1 Å². The molecule has 4 rings (SSSR count). The summed E-state index contributed by atoms with van der Waals surface area (Å²) < 4.78 is 94.0. The van der Waals surface area contributed by atoms with E-state index in [0.717, 1.165) is 0 Å². The summed E-state index contributed by atoms with van der Waals surface area (Å²) in [7, 11) is 1.38. The quantitative estimate of drug-likeness (QED) is 0.141. The van der Waals surface area contributed by atoms with Gasteiger partial charge in [0.15, 0.2) is 34.8 Å². The largest absolute Gasteiger partial charge is 0.493 e. The summed E-state index contributed by atoms with van der Waals surface area (Å²) in [4.78, 5) is 12.9. The zero-order valence-corrected chi connectivity index (χ0v) is 20.6. The fourth-order valence-corrected chi connectivity index (χ4v) is 4.06. The third-order valence-corrected chi connectivity index (χ3v) is 5.91. The summed E-state index contributed by atoms with van der Waals surface area (Å²) in [5.74, 6) is -12.1. The highest BCUT2D eigenvalue weighted by Gasteiger charge is 2.37. The molecular formula is C25H15BrF6N2O3. The van der Waals surface area contributed by atoms with E-state index in [1.807, 2.05) is 0 Å². The lowest BCUT2D eigenvalue weighted by molar-refractivity contribution is -0.114. The number of nitrogens with zero attached hydrogens (tertiary/aromatic N) is 2. The molecule has 1 heterocycles. The minimum atomic E-state index is -2.35. The molecular weight excluding hydrogens is 570 g/mol. The first-order chi connectivity index (χ1) is 17.5. The Kier molecular flexibility index (Phi) is 7.30. The normalized spacial score (nSPS) is 14.4. The van der Waals surface area contributed by atoms with Crippen molar-refractivity contribution in [3.63, 3.8) is 0 Å². The number of carbonyl (C=O) groups is 1. The number of hydrogen-bond acceptors (Lipinski definition) is 4. The van der Waals surface area contributed by atoms with Crippen molar-refractivity contribution >= 4 is 39.3 Å². The minimum Gasteiger partial charge on any atom is -0.493 e. The van der Waals surface area contributed by atoms with E-state index >= 15 is 0 Å². The summed E-state index contributed by atoms with van der Waals surface area (Å²) >= 11 is 3.36. The van der Waals surface area contributed by atoms with Crippen molar-refractivity contribution in [2.24, 2.45) is 5.10 Å². The average molecular weight is 585 g/mol. The fraction of sp³-hybridized carbons (Fsp3) is 0.120. The molecule has 0 aliphatic carbocycles. The molecule has 37 heavy (non-hydrogen) atoms. The Hall–Kier alpha value is -3.80. The number of halogens is 7. The third kappa shape index (κ3) is 4.93. The smallest absolute Gasteiger partial charge is 0.280 e. The first-order valence-corrected chi connectivity index (χ1v) is 11.2. The van der Waals surface area contributed by atoms with Crippen LogP contribution in [0.3, 0.4) is 0 Å². The summed E-state index contributed by atoms with van der Waals surface area (Å²) in [6, 6.07) is 8.74. The summed E-state index contributed by atoms with van der Waals surface area (Å²) in [6.45, 7) is 1.43. The number of hydrogen-bond donors (Lipinski definition) is 0. The molecule has 3 aromatic carbocycles. The molecule has 3 aromatic rings. The maximum Gasteiger partial charge on any atom is 0.280 e. The monoisotopic (exact) mass is 584 g/mol. The Morgan fingerprint density at radius 3 is 2.14 bits per heavy atom. The van der Waals surface area contributed by atoms with Gasteiger partial charge in [-0.1, -0.05) is 12.1 Å². The molecule has 12 heteroatoms. The van der Waals surface area contributed by atoms with E-state index in [1.54, 1.807) is 18.2 Å². The highest BCUT2D eigenvalue weighted by molar-refractivity contribution is 9.10. The highest BCUT2D eigenvalue weighted by atomic mass is 79.9. The Balaban J connectivity index is 1.65. The Labute approximate surface area is 214 Å². The van der Waals surface area contributed by atoms with Crippen LogP contribution in [0.1, 0.15) is 18.1 Å². The van der Waals surface area contributed by atoms with Crippen LogP contribution in [0.2, 0.25) is 0 Å². The number of anilines is 1. The lowest BCUT2D eigenvalue weighted by atomic mass is 10.1. The summed E-state index contributed by atoms with van der Waals surface area (Å²) in [6.07, 6.45) is 1.31. The van der Waals surface area contributed by atoms with Crippen LogP contribution in [0.4, 0.5) is 32.0 Å². The van der Waals surface area contributed by atoms with Crippen molar-refractivity contribution in [2.45, 2.75) is 13.5 Å². The molecule has 0 saturated carbocycles. The van der Waals surface area contributed by atoms with Gasteiger partial charge in [0.05, 0.1) is 22.9 Å². The molecule has 1 amide bonds. The van der Waals surface area contributed by atoms with Gasteiger partial charge in [-0.05, 0) is 64.3 Å². The maximum atomic E-state index is 14.3. The number of hydrazone groups is 1. The van der Waals surface area contributed by atoms with Gasteiger partial charge in [0.1, 0.15) is 18.1 Å². The molecule has 0 spiro atoms. The molecule has 5 nitrogen and oxygen atoms in total. The first-order valence-electron chi connectivity index (χ1n) is 10.4. The van der Waals surface area contributed by atoms with Crippen LogP contribution in [-0.4, -0.2) is 18.7 Å². The van der Waals surface area contributed by atoms with E-state index in [9.17, 15) is 31.1 Å². The predicted molar refractivity (Wildman–Crippen MR) is 126 cm³/mol. The third-order valence-electron chi connectivity index (χ3n) is 5.32. The number of carbonyl (C=O) groups excluding carboxylic acids is 1. The van der Waals surface area contributed by atoms with Crippen LogP contribution in [0.5, 0.6) is 11.5 Å². The molecule has 0 saturated heterocycles. The predicted octanol–water partition coefficient (Wildman–Crippen LogP) is 6.68. The lowest BCUT2D eigenvalue weighted by Gasteiger charge is -2.15. The van der Waals surface area contributed by atoms with E-state index in [1.165, 1.54) is 38.3 Å². The molecule has 0 fully saturated rings. The maximum absolute atomic E-state index is 14.3. The molecule has 1 aliphatic heterocycles. The van der Waals surface area contributed by atoms with Crippen LogP contribution >= 0.6 is 15.9 Å². The van der Waals surface area contributed by atoms with Gasteiger partial charge in [-0.15, -0.1) is 0 Å². The van der Waals surface area contributed by atoms with Gasteiger partial charge in [-0.2, -0.15) is 10.1 Å². The molecule has 0 atom stereocenters. The van der Waals surface area contributed by atoms with Gasteiger partial charge >= 0.3 is 0 Å². The zero-order valence-electron chi connectivity index (χ0n) is 19.0. The van der Waals surface area contributed by atoms with E-state index in [0.29, 0.717) is 21.3 Å². The second-order valence-electron chi connectivity index (χ2n) is 7.73. The van der Waals surface area contributed by atoms with Gasteiger partial charge in [0.2, 0.25) is 5.82 Å². The molecule has 0 unspecified atom stereocenters. The van der Waals surface area contributed by atoms with Crippen molar-refractivity contribution in [3.05, 3.63) is 92.5 Å². The Morgan fingerprint density at radius 1 is 0.946 bits per heavy atom. The molecule has 0 N–H and O–H groups in total. The Bertz CT molecular complexity index is 1450. The van der Waals surface area contributed by atoms with Crippen molar-refractivity contribution in [3.8, 4) is 11.5 Å². The number of amides is 1. The lowest BCUT2D eigenvalue weighted by Crippen LogP contribution is -2.25. The van der Waals surface area contributed by atoms with Crippen molar-refractivity contribution in [1.29, 1.82) is 0 Å². The standard InChI is InChI=1S/C25H15BrF6N2O3/c1-11-15(25(35)34(33-11)23-21(31)19(29)18(28)20(30)22(23)32)7-13-8-16(26)24(17(9-13)36-2)37-10-12-3-5-14(27)6-4-12/h3-9H,10H2,1-2H3/b15-7+. The highest BCUT2D eigenvalue weighted by Crippen LogP contribution is 2.39. The van der Waals surface area contributed by atoms with Crippen LogP contribution < -0.4 is 14.5 Å². The van der Waals surface area contributed by atoms with Crippen LogP contribution in [0.15, 0.2) is 51.5 Å². The minimum absolute atomic E-state index is 0.0272. The average Bonchev–Trinajstić information content (AvgIpc) is 3.14. The van der Waals surface area contributed by atoms with E-state index < -0.39 is 40.7 Å². The zero-order chi connectivity index (χ0) is 27.0. The van der Waals surface area contributed by atoms with Crippen molar-refractivity contribution in [1.82, 2.24) is 0 Å².